The Kier molecular flexibility index (Phi) is 5.61. The fourth-order valence-electron chi connectivity index (χ4n) is 0.917. The van der Waals surface area contributed by atoms with Crippen LogP contribution < -0.4 is 5.32 Å². The smallest absolute Gasteiger partial charge is 0.0240 e. The van der Waals surface area contributed by atoms with Gasteiger partial charge in [0, 0.05) is 18.0 Å². The van der Waals surface area contributed by atoms with Crippen molar-refractivity contribution < 1.29 is 0 Å². The Morgan fingerprint density at radius 2 is 2.27 bits per heavy atom. The van der Waals surface area contributed by atoms with Crippen molar-refractivity contribution in [2.75, 3.05) is 12.4 Å². The highest BCUT2D eigenvalue weighted by Gasteiger charge is 2.18. The van der Waals surface area contributed by atoms with Gasteiger partial charge in [0.15, 0.2) is 0 Å². The van der Waals surface area contributed by atoms with Crippen LogP contribution in [-0.2, 0) is 0 Å². The molecule has 0 aromatic rings. The first-order valence-electron chi connectivity index (χ1n) is 4.10. The summed E-state index contributed by atoms with van der Waals surface area (Å²) < 4.78 is 0. The molecule has 0 aromatic heterocycles. The molecule has 66 valence electrons. The van der Waals surface area contributed by atoms with E-state index in [9.17, 15) is 0 Å². The molecule has 1 N–H and O–H groups in total. The van der Waals surface area contributed by atoms with Crippen molar-refractivity contribution in [2.45, 2.75) is 32.2 Å². The van der Waals surface area contributed by atoms with Crippen LogP contribution in [0, 0.1) is 0 Å². The topological polar surface area (TPSA) is 12.0 Å². The van der Waals surface area contributed by atoms with E-state index >= 15 is 0 Å². The van der Waals surface area contributed by atoms with Crippen molar-refractivity contribution in [3.8, 4) is 0 Å². The van der Waals surface area contributed by atoms with Crippen molar-refractivity contribution in [3.63, 3.8) is 0 Å². The lowest BCUT2D eigenvalue weighted by molar-refractivity contribution is 0.348. The van der Waals surface area contributed by atoms with Gasteiger partial charge >= 0.3 is 0 Å². The molecule has 0 rings (SSSR count). The largest absolute Gasteiger partial charge is 0.308 e. The Labute approximate surface area is 74.8 Å². The molecule has 0 heterocycles. The van der Waals surface area contributed by atoms with E-state index in [2.05, 4.69) is 25.7 Å². The monoisotopic (exact) mass is 175 g/mol. The molecule has 1 atom stereocenters. The summed E-state index contributed by atoms with van der Waals surface area (Å²) >= 11 is 5.68. The Balaban J connectivity index is 3.76. The average Bonchev–Trinajstić information content (AvgIpc) is 2.02. The molecule has 0 bridgehead atoms. The molecule has 0 aromatic carbocycles. The summed E-state index contributed by atoms with van der Waals surface area (Å²) in [5.41, 5.74) is 0.190. The fourth-order valence-corrected chi connectivity index (χ4v) is 1.33. The molecule has 0 saturated heterocycles. The first kappa shape index (κ1) is 11.0. The van der Waals surface area contributed by atoms with Crippen molar-refractivity contribution in [1.29, 1.82) is 0 Å². The van der Waals surface area contributed by atoms with E-state index in [0.717, 1.165) is 19.4 Å². The molecule has 0 radical (unpaired) electrons. The third-order valence-electron chi connectivity index (χ3n) is 2.10. The van der Waals surface area contributed by atoms with Crippen molar-refractivity contribution in [2.24, 2.45) is 0 Å². The van der Waals surface area contributed by atoms with Crippen LogP contribution in [0.4, 0.5) is 0 Å². The highest BCUT2D eigenvalue weighted by Crippen LogP contribution is 2.14. The van der Waals surface area contributed by atoms with Gasteiger partial charge in [-0.1, -0.05) is 13.0 Å². The van der Waals surface area contributed by atoms with Gasteiger partial charge in [-0.25, -0.2) is 0 Å². The van der Waals surface area contributed by atoms with Crippen LogP contribution in [0.5, 0.6) is 0 Å². The SMILES string of the molecule is C=CCNC(C)(CC)CCCl. The van der Waals surface area contributed by atoms with Gasteiger partial charge in [0.25, 0.3) is 0 Å². The molecule has 1 unspecified atom stereocenters. The van der Waals surface area contributed by atoms with Gasteiger partial charge in [0.05, 0.1) is 0 Å². The molecule has 0 saturated carbocycles. The van der Waals surface area contributed by atoms with Crippen LogP contribution >= 0.6 is 11.6 Å². The van der Waals surface area contributed by atoms with E-state index in [1.807, 2.05) is 6.08 Å². The van der Waals surface area contributed by atoms with E-state index in [4.69, 9.17) is 11.6 Å². The van der Waals surface area contributed by atoms with Crippen molar-refractivity contribution in [1.82, 2.24) is 5.32 Å². The van der Waals surface area contributed by atoms with Crippen molar-refractivity contribution >= 4 is 11.6 Å². The van der Waals surface area contributed by atoms with Gasteiger partial charge < -0.3 is 5.32 Å². The van der Waals surface area contributed by atoms with Crippen LogP contribution in [0.25, 0.3) is 0 Å². The Bertz CT molecular complexity index is 114. The summed E-state index contributed by atoms with van der Waals surface area (Å²) in [5.74, 6) is 0.717. The first-order valence-corrected chi connectivity index (χ1v) is 4.64. The summed E-state index contributed by atoms with van der Waals surface area (Å²) in [6.45, 7) is 8.89. The van der Waals surface area contributed by atoms with Crippen LogP contribution in [-0.4, -0.2) is 18.0 Å². The maximum Gasteiger partial charge on any atom is 0.0240 e. The number of hydrogen-bond donors (Lipinski definition) is 1. The standard InChI is InChI=1S/C9H18ClN/c1-4-8-11-9(3,5-2)6-7-10/h4,11H,1,5-8H2,2-3H3. The van der Waals surface area contributed by atoms with E-state index in [1.165, 1.54) is 0 Å². The molecular weight excluding hydrogens is 158 g/mol. The summed E-state index contributed by atoms with van der Waals surface area (Å²) in [6.07, 6.45) is 3.99. The molecule has 0 amide bonds. The number of hydrogen-bond acceptors (Lipinski definition) is 1. The molecular formula is C9H18ClN. The lowest BCUT2D eigenvalue weighted by Crippen LogP contribution is -2.42. The van der Waals surface area contributed by atoms with E-state index in [1.54, 1.807) is 0 Å². The first-order chi connectivity index (χ1) is 5.18. The molecule has 1 nitrogen and oxygen atoms in total. The zero-order valence-corrected chi connectivity index (χ0v) is 8.25. The molecule has 0 spiro atoms. The second-order valence-electron chi connectivity index (χ2n) is 3.02. The van der Waals surface area contributed by atoms with Gasteiger partial charge in [-0.15, -0.1) is 18.2 Å². The van der Waals surface area contributed by atoms with Crippen molar-refractivity contribution in [3.05, 3.63) is 12.7 Å². The molecule has 11 heavy (non-hydrogen) atoms. The third kappa shape index (κ3) is 4.44. The molecule has 0 aliphatic carbocycles. The van der Waals surface area contributed by atoms with E-state index in [0.29, 0.717) is 5.88 Å². The highest BCUT2D eigenvalue weighted by molar-refractivity contribution is 6.17. The average molecular weight is 176 g/mol. The summed E-state index contributed by atoms with van der Waals surface area (Å²) in [4.78, 5) is 0. The Morgan fingerprint density at radius 3 is 2.64 bits per heavy atom. The zero-order chi connectivity index (χ0) is 8.74. The quantitative estimate of drug-likeness (QED) is 0.484. The van der Waals surface area contributed by atoms with E-state index < -0.39 is 0 Å². The minimum atomic E-state index is 0.190. The molecule has 2 heteroatoms. The van der Waals surface area contributed by atoms with Crippen LogP contribution in [0.1, 0.15) is 26.7 Å². The van der Waals surface area contributed by atoms with Crippen LogP contribution in [0.3, 0.4) is 0 Å². The second-order valence-corrected chi connectivity index (χ2v) is 3.40. The van der Waals surface area contributed by atoms with Gasteiger partial charge in [0.1, 0.15) is 0 Å². The maximum absolute atomic E-state index is 5.68. The van der Waals surface area contributed by atoms with Gasteiger partial charge in [-0.3, -0.25) is 0 Å². The lowest BCUT2D eigenvalue weighted by atomic mass is 9.95. The second kappa shape index (κ2) is 5.62. The molecule has 0 aliphatic heterocycles. The summed E-state index contributed by atoms with van der Waals surface area (Å²) in [5, 5.41) is 3.39. The normalized spacial score (nSPS) is 15.9. The number of nitrogens with one attached hydrogen (secondary N) is 1. The van der Waals surface area contributed by atoms with Crippen LogP contribution in [0.2, 0.25) is 0 Å². The highest BCUT2D eigenvalue weighted by atomic mass is 35.5. The van der Waals surface area contributed by atoms with E-state index in [-0.39, 0.29) is 5.54 Å². The summed E-state index contributed by atoms with van der Waals surface area (Å²) in [7, 11) is 0. The number of halogens is 1. The van der Waals surface area contributed by atoms with Gasteiger partial charge in [-0.05, 0) is 19.8 Å². The van der Waals surface area contributed by atoms with Gasteiger partial charge in [-0.2, -0.15) is 0 Å². The van der Waals surface area contributed by atoms with Gasteiger partial charge in [0.2, 0.25) is 0 Å². The predicted octanol–water partition coefficient (Wildman–Crippen LogP) is 2.56. The Morgan fingerprint density at radius 1 is 1.64 bits per heavy atom. The minimum absolute atomic E-state index is 0.190. The number of alkyl halides is 1. The molecule has 0 fully saturated rings. The molecule has 0 aliphatic rings. The zero-order valence-electron chi connectivity index (χ0n) is 7.49. The minimum Gasteiger partial charge on any atom is -0.308 e. The fraction of sp³-hybridized carbons (Fsp3) is 0.778. The Hall–Kier alpha value is -0.0100. The predicted molar refractivity (Wildman–Crippen MR) is 52.2 cm³/mol. The summed E-state index contributed by atoms with van der Waals surface area (Å²) in [6, 6.07) is 0. The number of rotatable bonds is 6. The third-order valence-corrected chi connectivity index (χ3v) is 2.29. The maximum atomic E-state index is 5.68. The lowest BCUT2D eigenvalue weighted by Gasteiger charge is -2.28. The van der Waals surface area contributed by atoms with Crippen LogP contribution in [0.15, 0.2) is 12.7 Å².